The van der Waals surface area contributed by atoms with Crippen molar-refractivity contribution in [3.8, 4) is 5.75 Å². The number of halogens is 1. The highest BCUT2D eigenvalue weighted by Gasteiger charge is 2.12. The number of amides is 2. The van der Waals surface area contributed by atoms with Crippen molar-refractivity contribution in [2.45, 2.75) is 0 Å². The molecule has 2 rings (SSSR count). The van der Waals surface area contributed by atoms with E-state index in [9.17, 15) is 24.4 Å². The van der Waals surface area contributed by atoms with Gasteiger partial charge in [-0.25, -0.2) is 9.18 Å². The van der Waals surface area contributed by atoms with Crippen LogP contribution in [0.5, 0.6) is 5.75 Å². The average Bonchev–Trinajstić information content (AvgIpc) is 2.41. The van der Waals surface area contributed by atoms with Gasteiger partial charge in [0.1, 0.15) is 11.6 Å². The maximum atomic E-state index is 13.0. The molecule has 7 nitrogen and oxygen atoms in total. The van der Waals surface area contributed by atoms with E-state index in [0.29, 0.717) is 0 Å². The number of phenols is 1. The number of hydrogen-bond acceptors (Lipinski definition) is 4. The van der Waals surface area contributed by atoms with Crippen molar-refractivity contribution >= 4 is 23.1 Å². The fourth-order valence-electron chi connectivity index (χ4n) is 1.59. The van der Waals surface area contributed by atoms with Gasteiger partial charge >= 0.3 is 6.03 Å². The molecule has 0 aliphatic carbocycles. The molecule has 0 aliphatic rings. The number of nitrogens with zero attached hydrogens (tertiary/aromatic N) is 1. The van der Waals surface area contributed by atoms with Crippen LogP contribution in [0.4, 0.5) is 26.2 Å². The highest BCUT2D eigenvalue weighted by Crippen LogP contribution is 2.27. The summed E-state index contributed by atoms with van der Waals surface area (Å²) in [6, 6.07) is 7.64. The van der Waals surface area contributed by atoms with Gasteiger partial charge < -0.3 is 15.7 Å². The van der Waals surface area contributed by atoms with Crippen molar-refractivity contribution in [1.82, 2.24) is 0 Å². The maximum Gasteiger partial charge on any atom is 0.323 e. The molecule has 0 spiro atoms. The first-order valence-corrected chi connectivity index (χ1v) is 5.76. The van der Waals surface area contributed by atoms with Crippen molar-refractivity contribution in [3.05, 3.63) is 58.4 Å². The molecule has 0 aliphatic heterocycles. The van der Waals surface area contributed by atoms with Crippen LogP contribution in [0.2, 0.25) is 0 Å². The number of hydrogen-bond donors (Lipinski definition) is 3. The molecule has 108 valence electrons. The topological polar surface area (TPSA) is 104 Å². The predicted octanol–water partition coefficient (Wildman–Crippen LogP) is 3.08. The summed E-state index contributed by atoms with van der Waals surface area (Å²) >= 11 is 0. The van der Waals surface area contributed by atoms with Crippen LogP contribution < -0.4 is 10.6 Å². The average molecular weight is 291 g/mol. The third-order valence-corrected chi connectivity index (χ3v) is 2.52. The number of nitro groups is 1. The van der Waals surface area contributed by atoms with Crippen LogP contribution in [-0.4, -0.2) is 16.1 Å². The van der Waals surface area contributed by atoms with Crippen molar-refractivity contribution in [2.24, 2.45) is 0 Å². The van der Waals surface area contributed by atoms with Crippen molar-refractivity contribution in [1.29, 1.82) is 0 Å². The second-order valence-electron chi connectivity index (χ2n) is 4.05. The zero-order chi connectivity index (χ0) is 15.4. The maximum absolute atomic E-state index is 13.0. The van der Waals surface area contributed by atoms with Gasteiger partial charge in [-0.05, 0) is 24.3 Å². The number of aromatic hydroxyl groups is 1. The van der Waals surface area contributed by atoms with Gasteiger partial charge in [0.2, 0.25) is 0 Å². The molecule has 2 amide bonds. The van der Waals surface area contributed by atoms with E-state index in [1.165, 1.54) is 18.2 Å². The molecule has 0 atom stereocenters. The van der Waals surface area contributed by atoms with Gasteiger partial charge in [-0.2, -0.15) is 0 Å². The molecule has 8 heteroatoms. The number of urea groups is 1. The van der Waals surface area contributed by atoms with E-state index in [1.54, 1.807) is 0 Å². The zero-order valence-electron chi connectivity index (χ0n) is 10.5. The molecule has 2 aromatic carbocycles. The first-order valence-electron chi connectivity index (χ1n) is 5.76. The number of benzene rings is 2. The van der Waals surface area contributed by atoms with Crippen LogP contribution in [0.3, 0.4) is 0 Å². The van der Waals surface area contributed by atoms with Crippen LogP contribution in [0.1, 0.15) is 0 Å². The normalized spacial score (nSPS) is 9.95. The molecule has 3 N–H and O–H groups in total. The molecule has 2 aromatic rings. The Bertz CT molecular complexity index is 706. The summed E-state index contributed by atoms with van der Waals surface area (Å²) in [6.07, 6.45) is 0. The van der Waals surface area contributed by atoms with E-state index >= 15 is 0 Å². The largest absolute Gasteiger partial charge is 0.506 e. The number of carbonyl (C=O) groups excluding carboxylic acids is 1. The number of nitrogens with one attached hydrogen (secondary N) is 2. The van der Waals surface area contributed by atoms with Gasteiger partial charge in [0, 0.05) is 17.8 Å². The fraction of sp³-hybridized carbons (Fsp3) is 0. The van der Waals surface area contributed by atoms with Crippen LogP contribution in [0.25, 0.3) is 0 Å². The Balaban J connectivity index is 2.12. The monoisotopic (exact) mass is 291 g/mol. The Morgan fingerprint density at radius 1 is 1.19 bits per heavy atom. The minimum Gasteiger partial charge on any atom is -0.506 e. The Morgan fingerprint density at radius 2 is 1.95 bits per heavy atom. The van der Waals surface area contributed by atoms with Crippen molar-refractivity contribution in [2.75, 3.05) is 10.6 Å². The smallest absolute Gasteiger partial charge is 0.323 e. The van der Waals surface area contributed by atoms with E-state index in [-0.39, 0.29) is 22.8 Å². The van der Waals surface area contributed by atoms with Gasteiger partial charge in [-0.3, -0.25) is 10.1 Å². The van der Waals surface area contributed by atoms with Gasteiger partial charge in [-0.1, -0.05) is 6.07 Å². The summed E-state index contributed by atoms with van der Waals surface area (Å²) in [5.41, 5.74) is -0.204. The summed E-state index contributed by atoms with van der Waals surface area (Å²) < 4.78 is 13.0. The second-order valence-corrected chi connectivity index (χ2v) is 4.05. The Hall–Kier alpha value is -3.16. The summed E-state index contributed by atoms with van der Waals surface area (Å²) in [7, 11) is 0. The molecule has 0 heterocycles. The van der Waals surface area contributed by atoms with E-state index in [1.807, 2.05) is 0 Å². The summed E-state index contributed by atoms with van der Waals surface area (Å²) in [4.78, 5) is 21.7. The standard InChI is InChI=1S/C13H10FN3O4/c14-8-2-1-3-9(6-8)15-13(19)16-11-7-10(17(20)21)4-5-12(11)18/h1-7,18H,(H2,15,16,19). The number of rotatable bonds is 3. The Labute approximate surface area is 118 Å². The number of phenolic OH excluding ortho intramolecular Hbond substituents is 1. The highest BCUT2D eigenvalue weighted by molar-refractivity contribution is 6.00. The lowest BCUT2D eigenvalue weighted by Gasteiger charge is -2.09. The molecule has 0 aromatic heterocycles. The lowest BCUT2D eigenvalue weighted by Crippen LogP contribution is -2.19. The molecule has 0 saturated carbocycles. The summed E-state index contributed by atoms with van der Waals surface area (Å²) in [5, 5.41) is 24.8. The van der Waals surface area contributed by atoms with E-state index in [2.05, 4.69) is 10.6 Å². The van der Waals surface area contributed by atoms with Crippen LogP contribution in [0.15, 0.2) is 42.5 Å². The van der Waals surface area contributed by atoms with E-state index < -0.39 is 16.8 Å². The first kappa shape index (κ1) is 14.3. The fourth-order valence-corrected chi connectivity index (χ4v) is 1.59. The predicted molar refractivity (Wildman–Crippen MR) is 73.8 cm³/mol. The molecule has 0 fully saturated rings. The van der Waals surface area contributed by atoms with Gasteiger partial charge in [0.15, 0.2) is 0 Å². The molecule has 0 unspecified atom stereocenters. The Morgan fingerprint density at radius 3 is 2.62 bits per heavy atom. The van der Waals surface area contributed by atoms with Gasteiger partial charge in [-0.15, -0.1) is 0 Å². The lowest BCUT2D eigenvalue weighted by molar-refractivity contribution is -0.384. The molecule has 0 saturated heterocycles. The molecular formula is C13H10FN3O4. The van der Waals surface area contributed by atoms with Crippen LogP contribution >= 0.6 is 0 Å². The molecule has 0 bridgehead atoms. The van der Waals surface area contributed by atoms with Crippen LogP contribution in [-0.2, 0) is 0 Å². The third-order valence-electron chi connectivity index (χ3n) is 2.52. The van der Waals surface area contributed by atoms with Crippen molar-refractivity contribution < 1.29 is 19.2 Å². The Kier molecular flexibility index (Phi) is 3.98. The van der Waals surface area contributed by atoms with E-state index in [0.717, 1.165) is 24.3 Å². The minimum atomic E-state index is -0.767. The summed E-state index contributed by atoms with van der Waals surface area (Å²) in [6.45, 7) is 0. The van der Waals surface area contributed by atoms with Crippen molar-refractivity contribution in [3.63, 3.8) is 0 Å². The lowest BCUT2D eigenvalue weighted by atomic mass is 10.2. The SMILES string of the molecule is O=C(Nc1cccc(F)c1)Nc1cc([N+](=O)[O-])ccc1O. The van der Waals surface area contributed by atoms with Crippen LogP contribution in [0, 0.1) is 15.9 Å². The quantitative estimate of drug-likeness (QED) is 0.459. The molecule has 0 radical (unpaired) electrons. The second kappa shape index (κ2) is 5.87. The third kappa shape index (κ3) is 3.66. The number of carbonyl (C=O) groups is 1. The molecule has 21 heavy (non-hydrogen) atoms. The number of anilines is 2. The van der Waals surface area contributed by atoms with E-state index in [4.69, 9.17) is 0 Å². The number of nitro benzene ring substituents is 1. The summed E-state index contributed by atoms with van der Waals surface area (Å²) in [5.74, 6) is -0.846. The molecular weight excluding hydrogens is 281 g/mol. The minimum absolute atomic E-state index is 0.127. The van der Waals surface area contributed by atoms with Gasteiger partial charge in [0.25, 0.3) is 5.69 Å². The zero-order valence-corrected chi connectivity index (χ0v) is 10.5. The first-order chi connectivity index (χ1) is 9.95. The highest BCUT2D eigenvalue weighted by atomic mass is 19.1. The van der Waals surface area contributed by atoms with Gasteiger partial charge in [0.05, 0.1) is 10.6 Å². The number of non-ortho nitro benzene ring substituents is 1.